The van der Waals surface area contributed by atoms with E-state index in [-0.39, 0.29) is 17.9 Å². The lowest BCUT2D eigenvalue weighted by atomic mass is 9.78. The minimum atomic E-state index is -0.760. The van der Waals surface area contributed by atoms with Crippen LogP contribution in [0.1, 0.15) is 46.0 Å². The maximum absolute atomic E-state index is 12.0. The summed E-state index contributed by atoms with van der Waals surface area (Å²) in [5.74, 6) is 0.375. The van der Waals surface area contributed by atoms with Gasteiger partial charge < -0.3 is 10.0 Å². The van der Waals surface area contributed by atoms with Crippen LogP contribution in [0.3, 0.4) is 0 Å². The molecule has 0 aromatic heterocycles. The lowest BCUT2D eigenvalue weighted by Gasteiger charge is -2.42. The quantitative estimate of drug-likeness (QED) is 0.820. The predicted octanol–water partition coefficient (Wildman–Crippen LogP) is 2.13. The second kappa shape index (κ2) is 5.29. The number of rotatable bonds is 2. The van der Waals surface area contributed by atoms with Crippen LogP contribution in [0.25, 0.3) is 0 Å². The minimum absolute atomic E-state index is 0.152. The molecule has 0 aromatic carbocycles. The predicted molar refractivity (Wildman–Crippen MR) is 68.0 cm³/mol. The van der Waals surface area contributed by atoms with E-state index in [0.29, 0.717) is 25.3 Å². The first kappa shape index (κ1) is 13.4. The van der Waals surface area contributed by atoms with Gasteiger partial charge in [0.25, 0.3) is 0 Å². The van der Waals surface area contributed by atoms with E-state index in [9.17, 15) is 9.59 Å². The van der Waals surface area contributed by atoms with Crippen LogP contribution in [0.2, 0.25) is 0 Å². The molecule has 0 aromatic rings. The summed E-state index contributed by atoms with van der Waals surface area (Å²) in [5.41, 5.74) is 0. The van der Waals surface area contributed by atoms with E-state index in [2.05, 4.69) is 13.8 Å². The summed E-state index contributed by atoms with van der Waals surface area (Å²) >= 11 is 0. The van der Waals surface area contributed by atoms with E-state index >= 15 is 0 Å². The Hall–Kier alpha value is -1.06. The summed E-state index contributed by atoms with van der Waals surface area (Å²) in [5, 5.41) is 9.10. The molecule has 4 atom stereocenters. The molecule has 1 aliphatic heterocycles. The summed E-state index contributed by atoms with van der Waals surface area (Å²) in [6, 6.07) is 0.269. The first-order chi connectivity index (χ1) is 8.49. The zero-order valence-electron chi connectivity index (χ0n) is 11.3. The molecule has 2 rings (SSSR count). The summed E-state index contributed by atoms with van der Waals surface area (Å²) in [6.07, 6.45) is 4.11. The Balaban J connectivity index is 2.02. The molecule has 0 radical (unpaired) electrons. The number of likely N-dealkylation sites (tertiary alicyclic amines) is 1. The molecule has 0 spiro atoms. The van der Waals surface area contributed by atoms with E-state index in [0.717, 1.165) is 25.2 Å². The number of carbonyl (C=O) groups is 2. The second-order valence-corrected chi connectivity index (χ2v) is 6.04. The first-order valence-electron chi connectivity index (χ1n) is 7.01. The Morgan fingerprint density at radius 1 is 1.22 bits per heavy atom. The zero-order valence-corrected chi connectivity index (χ0v) is 11.3. The molecule has 1 amide bonds. The van der Waals surface area contributed by atoms with Crippen molar-refractivity contribution >= 4 is 11.9 Å². The average molecular weight is 253 g/mol. The van der Waals surface area contributed by atoms with Crippen molar-refractivity contribution in [2.75, 3.05) is 6.54 Å². The van der Waals surface area contributed by atoms with Crippen LogP contribution in [-0.4, -0.2) is 34.5 Å². The molecule has 1 saturated carbocycles. The normalized spacial score (nSPS) is 37.7. The fourth-order valence-electron chi connectivity index (χ4n) is 3.23. The molecule has 4 unspecified atom stereocenters. The molecule has 1 heterocycles. The van der Waals surface area contributed by atoms with Gasteiger partial charge in [-0.15, -0.1) is 0 Å². The third kappa shape index (κ3) is 2.68. The lowest BCUT2D eigenvalue weighted by Crippen LogP contribution is -2.50. The Morgan fingerprint density at radius 3 is 2.56 bits per heavy atom. The van der Waals surface area contributed by atoms with Crippen LogP contribution in [-0.2, 0) is 9.59 Å². The third-order valence-corrected chi connectivity index (χ3v) is 4.80. The molecule has 2 fully saturated rings. The molecule has 1 aliphatic carbocycles. The fourth-order valence-corrected chi connectivity index (χ4v) is 3.23. The van der Waals surface area contributed by atoms with Gasteiger partial charge in [-0.05, 0) is 37.5 Å². The summed E-state index contributed by atoms with van der Waals surface area (Å²) < 4.78 is 0. The van der Waals surface area contributed by atoms with Crippen molar-refractivity contribution in [1.29, 1.82) is 0 Å². The molecule has 4 nitrogen and oxygen atoms in total. The Morgan fingerprint density at radius 2 is 1.94 bits per heavy atom. The highest BCUT2D eigenvalue weighted by Gasteiger charge is 2.36. The maximum atomic E-state index is 12.0. The van der Waals surface area contributed by atoms with Crippen LogP contribution >= 0.6 is 0 Å². The van der Waals surface area contributed by atoms with E-state index in [1.807, 2.05) is 4.90 Å². The number of piperidine rings is 1. The van der Waals surface area contributed by atoms with E-state index < -0.39 is 5.97 Å². The van der Waals surface area contributed by atoms with Crippen LogP contribution in [0, 0.1) is 17.8 Å². The van der Waals surface area contributed by atoms with Crippen molar-refractivity contribution in [3.8, 4) is 0 Å². The van der Waals surface area contributed by atoms with Crippen molar-refractivity contribution in [2.24, 2.45) is 17.8 Å². The first-order valence-corrected chi connectivity index (χ1v) is 7.01. The molecule has 1 saturated heterocycles. The van der Waals surface area contributed by atoms with Gasteiger partial charge >= 0.3 is 5.97 Å². The van der Waals surface area contributed by atoms with Crippen LogP contribution in [0.15, 0.2) is 0 Å². The highest BCUT2D eigenvalue weighted by atomic mass is 16.4. The standard InChI is InChI=1S/C14H23NO3/c1-9-3-5-12(7-10(9)2)15-8-11(14(17)18)4-6-13(15)16/h9-12H,3-8H2,1-2H3,(H,17,18). The SMILES string of the molecule is CC1CCC(N2CC(C(=O)O)CCC2=O)CC1C. The van der Waals surface area contributed by atoms with Crippen molar-refractivity contribution in [1.82, 2.24) is 4.90 Å². The van der Waals surface area contributed by atoms with E-state index in [1.165, 1.54) is 0 Å². The number of nitrogens with zero attached hydrogens (tertiary/aromatic N) is 1. The monoisotopic (exact) mass is 253 g/mol. The fraction of sp³-hybridized carbons (Fsp3) is 0.857. The van der Waals surface area contributed by atoms with Gasteiger partial charge in [0.2, 0.25) is 5.91 Å². The van der Waals surface area contributed by atoms with Gasteiger partial charge in [-0.2, -0.15) is 0 Å². The Bertz CT molecular complexity index is 342. The molecule has 2 aliphatic rings. The zero-order chi connectivity index (χ0) is 13.3. The molecular formula is C14H23NO3. The number of amides is 1. The van der Waals surface area contributed by atoms with Gasteiger partial charge in [0.15, 0.2) is 0 Å². The van der Waals surface area contributed by atoms with Crippen LogP contribution in [0.5, 0.6) is 0 Å². The Kier molecular flexibility index (Phi) is 3.93. The molecule has 102 valence electrons. The highest BCUT2D eigenvalue weighted by molar-refractivity contribution is 5.80. The van der Waals surface area contributed by atoms with Gasteiger partial charge in [0.05, 0.1) is 5.92 Å². The number of hydrogen-bond donors (Lipinski definition) is 1. The van der Waals surface area contributed by atoms with Gasteiger partial charge in [-0.25, -0.2) is 0 Å². The van der Waals surface area contributed by atoms with Gasteiger partial charge in [0, 0.05) is 19.0 Å². The summed E-state index contributed by atoms with van der Waals surface area (Å²) in [7, 11) is 0. The number of aliphatic carboxylic acids is 1. The van der Waals surface area contributed by atoms with Gasteiger partial charge in [-0.1, -0.05) is 13.8 Å². The molecule has 18 heavy (non-hydrogen) atoms. The van der Waals surface area contributed by atoms with E-state index in [1.54, 1.807) is 0 Å². The van der Waals surface area contributed by atoms with E-state index in [4.69, 9.17) is 5.11 Å². The third-order valence-electron chi connectivity index (χ3n) is 4.80. The molecule has 1 N–H and O–H groups in total. The number of carboxylic acid groups (broad SMARTS) is 1. The van der Waals surface area contributed by atoms with Crippen molar-refractivity contribution in [3.63, 3.8) is 0 Å². The smallest absolute Gasteiger partial charge is 0.308 e. The van der Waals surface area contributed by atoms with Crippen LogP contribution < -0.4 is 0 Å². The molecular weight excluding hydrogens is 230 g/mol. The Labute approximate surface area is 108 Å². The molecule has 0 bridgehead atoms. The highest BCUT2D eigenvalue weighted by Crippen LogP contribution is 2.34. The number of hydrogen-bond acceptors (Lipinski definition) is 2. The topological polar surface area (TPSA) is 57.6 Å². The van der Waals surface area contributed by atoms with Crippen LogP contribution in [0.4, 0.5) is 0 Å². The summed E-state index contributed by atoms with van der Waals surface area (Å²) in [4.78, 5) is 24.9. The minimum Gasteiger partial charge on any atom is -0.481 e. The largest absolute Gasteiger partial charge is 0.481 e. The molecule has 4 heteroatoms. The maximum Gasteiger partial charge on any atom is 0.308 e. The average Bonchev–Trinajstić information content (AvgIpc) is 2.33. The number of carboxylic acids is 1. The van der Waals surface area contributed by atoms with Gasteiger partial charge in [0.1, 0.15) is 0 Å². The number of carbonyl (C=O) groups excluding carboxylic acids is 1. The summed E-state index contributed by atoms with van der Waals surface area (Å²) in [6.45, 7) is 4.92. The van der Waals surface area contributed by atoms with Crippen molar-refractivity contribution in [2.45, 2.75) is 52.0 Å². The lowest BCUT2D eigenvalue weighted by molar-refractivity contribution is -0.149. The van der Waals surface area contributed by atoms with Crippen molar-refractivity contribution in [3.05, 3.63) is 0 Å². The second-order valence-electron chi connectivity index (χ2n) is 6.04. The van der Waals surface area contributed by atoms with Crippen molar-refractivity contribution < 1.29 is 14.7 Å². The van der Waals surface area contributed by atoms with Gasteiger partial charge in [-0.3, -0.25) is 9.59 Å².